The Morgan fingerprint density at radius 2 is 2.05 bits per heavy atom. The minimum absolute atomic E-state index is 0.184. The summed E-state index contributed by atoms with van der Waals surface area (Å²) in [6.45, 7) is 2.73. The van der Waals surface area contributed by atoms with E-state index in [2.05, 4.69) is 26.1 Å². The Labute approximate surface area is 131 Å². The molecule has 0 unspecified atom stereocenters. The second-order valence-corrected chi connectivity index (χ2v) is 5.40. The maximum atomic E-state index is 11.4. The van der Waals surface area contributed by atoms with Gasteiger partial charge in [0, 0.05) is 10.0 Å². The van der Waals surface area contributed by atoms with Crippen LogP contribution >= 0.6 is 15.9 Å². The van der Waals surface area contributed by atoms with Crippen molar-refractivity contribution in [2.75, 3.05) is 20.2 Å². The summed E-state index contributed by atoms with van der Waals surface area (Å²) in [5.74, 6) is 0.648. The predicted octanol–water partition coefficient (Wildman–Crippen LogP) is 2.49. The molecule has 0 N–H and O–H groups in total. The van der Waals surface area contributed by atoms with Gasteiger partial charge < -0.3 is 9.15 Å². The Morgan fingerprint density at radius 3 is 2.71 bits per heavy atom. The van der Waals surface area contributed by atoms with E-state index >= 15 is 0 Å². The quantitative estimate of drug-likeness (QED) is 0.743. The number of hydrogen-bond donors (Lipinski definition) is 0. The molecule has 7 heteroatoms. The molecule has 1 aromatic heterocycles. The summed E-state index contributed by atoms with van der Waals surface area (Å²) < 4.78 is 11.5. The van der Waals surface area contributed by atoms with Crippen molar-refractivity contribution in [2.45, 2.75) is 13.5 Å². The molecule has 1 heterocycles. The average molecular weight is 354 g/mol. The Hall–Kier alpha value is -1.73. The number of ether oxygens (including phenoxy) is 1. The van der Waals surface area contributed by atoms with Crippen LogP contribution < -0.4 is 0 Å². The highest BCUT2D eigenvalue weighted by molar-refractivity contribution is 9.10. The molecule has 112 valence electrons. The third-order valence-corrected chi connectivity index (χ3v) is 3.20. The lowest BCUT2D eigenvalue weighted by Gasteiger charge is -2.12. The number of nitrogens with zero attached hydrogens (tertiary/aromatic N) is 3. The topological polar surface area (TPSA) is 68.5 Å². The van der Waals surface area contributed by atoms with Gasteiger partial charge in [0.05, 0.1) is 19.7 Å². The van der Waals surface area contributed by atoms with Crippen LogP contribution in [0.1, 0.15) is 12.8 Å². The second-order valence-electron chi connectivity index (χ2n) is 4.49. The largest absolute Gasteiger partial charge is 0.465 e. The smallest absolute Gasteiger partial charge is 0.320 e. The third-order valence-electron chi connectivity index (χ3n) is 2.67. The summed E-state index contributed by atoms with van der Waals surface area (Å²) in [5.41, 5.74) is 0.852. The first-order chi connectivity index (χ1) is 10.1. The number of carbonyl (C=O) groups is 1. The molecule has 2 aromatic rings. The van der Waals surface area contributed by atoms with Crippen molar-refractivity contribution in [3.8, 4) is 11.5 Å². The lowest BCUT2D eigenvalue weighted by atomic mass is 10.2. The molecule has 0 fully saturated rings. The Balaban J connectivity index is 1.96. The summed E-state index contributed by atoms with van der Waals surface area (Å²) in [7, 11) is 1.79. The molecule has 0 bridgehead atoms. The number of esters is 1. The molecule has 0 saturated heterocycles. The average Bonchev–Trinajstić information content (AvgIpc) is 2.88. The molecule has 0 radical (unpaired) electrons. The molecule has 0 aliphatic heterocycles. The van der Waals surface area contributed by atoms with Crippen LogP contribution in [0.25, 0.3) is 11.5 Å². The van der Waals surface area contributed by atoms with E-state index < -0.39 is 0 Å². The van der Waals surface area contributed by atoms with E-state index in [0.29, 0.717) is 24.9 Å². The van der Waals surface area contributed by atoms with E-state index in [4.69, 9.17) is 9.15 Å². The van der Waals surface area contributed by atoms with Gasteiger partial charge in [0.25, 0.3) is 0 Å². The fraction of sp³-hybridized carbons (Fsp3) is 0.357. The number of aromatic nitrogens is 2. The first-order valence-corrected chi connectivity index (χ1v) is 7.30. The van der Waals surface area contributed by atoms with E-state index in [1.54, 1.807) is 18.9 Å². The zero-order chi connectivity index (χ0) is 15.2. The van der Waals surface area contributed by atoms with Gasteiger partial charge in [-0.15, -0.1) is 10.2 Å². The summed E-state index contributed by atoms with van der Waals surface area (Å²) in [5, 5.41) is 8.00. The number of hydrogen-bond acceptors (Lipinski definition) is 6. The van der Waals surface area contributed by atoms with Crippen LogP contribution in [0, 0.1) is 0 Å². The molecule has 0 atom stereocenters. The zero-order valence-electron chi connectivity index (χ0n) is 11.9. The highest BCUT2D eigenvalue weighted by atomic mass is 79.9. The number of benzene rings is 1. The van der Waals surface area contributed by atoms with Crippen LogP contribution in [-0.2, 0) is 16.1 Å². The summed E-state index contributed by atoms with van der Waals surface area (Å²) >= 11 is 3.37. The first kappa shape index (κ1) is 15.7. The van der Waals surface area contributed by atoms with Crippen LogP contribution in [0.5, 0.6) is 0 Å². The van der Waals surface area contributed by atoms with Crippen molar-refractivity contribution < 1.29 is 13.9 Å². The maximum absolute atomic E-state index is 11.4. The van der Waals surface area contributed by atoms with Gasteiger partial charge in [-0.3, -0.25) is 9.69 Å². The van der Waals surface area contributed by atoms with E-state index in [9.17, 15) is 4.79 Å². The van der Waals surface area contributed by atoms with E-state index in [1.165, 1.54) is 0 Å². The lowest BCUT2D eigenvalue weighted by molar-refractivity contribution is -0.144. The van der Waals surface area contributed by atoms with Gasteiger partial charge in [-0.1, -0.05) is 15.9 Å². The molecular weight excluding hydrogens is 338 g/mol. The Morgan fingerprint density at radius 1 is 1.33 bits per heavy atom. The van der Waals surface area contributed by atoms with E-state index in [0.717, 1.165) is 10.0 Å². The fourth-order valence-corrected chi connectivity index (χ4v) is 2.00. The van der Waals surface area contributed by atoms with Crippen LogP contribution in [0.3, 0.4) is 0 Å². The Kier molecular flexibility index (Phi) is 5.46. The van der Waals surface area contributed by atoms with Crippen molar-refractivity contribution in [3.63, 3.8) is 0 Å². The van der Waals surface area contributed by atoms with Crippen molar-refractivity contribution >= 4 is 21.9 Å². The van der Waals surface area contributed by atoms with Crippen LogP contribution in [0.15, 0.2) is 33.2 Å². The summed E-state index contributed by atoms with van der Waals surface area (Å²) in [6, 6.07) is 7.60. The fourth-order valence-electron chi connectivity index (χ4n) is 1.74. The van der Waals surface area contributed by atoms with Gasteiger partial charge in [0.1, 0.15) is 0 Å². The van der Waals surface area contributed by atoms with Crippen molar-refractivity contribution in [2.24, 2.45) is 0 Å². The van der Waals surface area contributed by atoms with Crippen LogP contribution in [0.4, 0.5) is 0 Å². The predicted molar refractivity (Wildman–Crippen MR) is 80.4 cm³/mol. The van der Waals surface area contributed by atoms with Gasteiger partial charge >= 0.3 is 5.97 Å². The zero-order valence-corrected chi connectivity index (χ0v) is 13.5. The number of rotatable bonds is 6. The van der Waals surface area contributed by atoms with Gasteiger partial charge in [-0.05, 0) is 38.2 Å². The minimum atomic E-state index is -0.271. The third kappa shape index (κ3) is 4.64. The van der Waals surface area contributed by atoms with Gasteiger partial charge in [-0.2, -0.15) is 0 Å². The minimum Gasteiger partial charge on any atom is -0.465 e. The van der Waals surface area contributed by atoms with Crippen molar-refractivity contribution in [1.29, 1.82) is 0 Å². The molecule has 1 aromatic carbocycles. The monoisotopic (exact) mass is 353 g/mol. The normalized spacial score (nSPS) is 10.9. The van der Waals surface area contributed by atoms with E-state index in [-0.39, 0.29) is 12.5 Å². The number of halogens is 1. The first-order valence-electron chi connectivity index (χ1n) is 6.51. The number of carbonyl (C=O) groups excluding carboxylic acids is 1. The summed E-state index contributed by atoms with van der Waals surface area (Å²) in [6.07, 6.45) is 0. The summed E-state index contributed by atoms with van der Waals surface area (Å²) in [4.78, 5) is 13.1. The standard InChI is InChI=1S/C14H16BrN3O3/c1-3-20-13(19)9-18(2)8-12-16-17-14(21-12)10-4-6-11(15)7-5-10/h4-7H,3,8-9H2,1-2H3. The van der Waals surface area contributed by atoms with Crippen molar-refractivity contribution in [1.82, 2.24) is 15.1 Å². The molecule has 0 aliphatic carbocycles. The number of likely N-dealkylation sites (N-methyl/N-ethyl adjacent to an activating group) is 1. The lowest BCUT2D eigenvalue weighted by Crippen LogP contribution is -2.27. The molecule has 0 saturated carbocycles. The molecule has 2 rings (SSSR count). The highest BCUT2D eigenvalue weighted by Gasteiger charge is 2.13. The molecule has 0 spiro atoms. The van der Waals surface area contributed by atoms with Crippen LogP contribution in [-0.4, -0.2) is 41.3 Å². The molecule has 0 aliphatic rings. The SMILES string of the molecule is CCOC(=O)CN(C)Cc1nnc(-c2ccc(Br)cc2)o1. The van der Waals surface area contributed by atoms with Gasteiger partial charge in [0.2, 0.25) is 11.8 Å². The highest BCUT2D eigenvalue weighted by Crippen LogP contribution is 2.20. The van der Waals surface area contributed by atoms with Gasteiger partial charge in [-0.25, -0.2) is 0 Å². The van der Waals surface area contributed by atoms with Crippen LogP contribution in [0.2, 0.25) is 0 Å². The van der Waals surface area contributed by atoms with Gasteiger partial charge in [0.15, 0.2) is 0 Å². The molecule has 21 heavy (non-hydrogen) atoms. The van der Waals surface area contributed by atoms with E-state index in [1.807, 2.05) is 24.3 Å². The maximum Gasteiger partial charge on any atom is 0.320 e. The van der Waals surface area contributed by atoms with Crippen molar-refractivity contribution in [3.05, 3.63) is 34.6 Å². The molecule has 6 nitrogen and oxygen atoms in total. The Bertz CT molecular complexity index is 598. The molecular formula is C14H16BrN3O3. The second kappa shape index (κ2) is 7.33. The molecule has 0 amide bonds.